The van der Waals surface area contributed by atoms with E-state index in [1.165, 1.54) is 0 Å². The molecule has 0 bridgehead atoms. The van der Waals surface area contributed by atoms with Crippen molar-refractivity contribution in [3.63, 3.8) is 0 Å². The Hall–Kier alpha value is -1.00. The van der Waals surface area contributed by atoms with Crippen LogP contribution in [0, 0.1) is 14.9 Å². The fourth-order valence-corrected chi connectivity index (χ4v) is 2.16. The summed E-state index contributed by atoms with van der Waals surface area (Å²) in [4.78, 5) is 0. The number of methoxy groups -OCH3 is 1. The molecule has 2 N–H and O–H groups in total. The zero-order valence-electron chi connectivity index (χ0n) is 9.70. The van der Waals surface area contributed by atoms with Crippen LogP contribution in [0.4, 0.5) is 5.69 Å². The van der Waals surface area contributed by atoms with Gasteiger partial charge in [-0.1, -0.05) is 0 Å². The molecule has 1 aromatic rings. The number of nitrogens with two attached hydrogens (primary N) is 1. The fraction of sp³-hybridized carbons (Fsp3) is 0.417. The first-order chi connectivity index (χ1) is 8.19. The molecule has 1 aromatic carbocycles. The van der Waals surface area contributed by atoms with Gasteiger partial charge >= 0.3 is 0 Å². The van der Waals surface area contributed by atoms with E-state index in [2.05, 4.69) is 28.7 Å². The van der Waals surface area contributed by atoms with Crippen molar-refractivity contribution < 1.29 is 9.47 Å². The Morgan fingerprint density at radius 2 is 2.06 bits per heavy atom. The van der Waals surface area contributed by atoms with Crippen LogP contribution in [-0.2, 0) is 4.74 Å². The highest BCUT2D eigenvalue weighted by molar-refractivity contribution is 14.1. The summed E-state index contributed by atoms with van der Waals surface area (Å²) in [5.41, 5.74) is 6.90. The van der Waals surface area contributed by atoms with Crippen LogP contribution in [0.3, 0.4) is 0 Å². The van der Waals surface area contributed by atoms with E-state index in [0.29, 0.717) is 23.6 Å². The molecular formula is C12H15IN2O2. The quantitative estimate of drug-likeness (QED) is 0.488. The Bertz CT molecular complexity index is 392. The molecule has 92 valence electrons. The number of nitrogen functional groups attached to an aromatic ring is 1. The van der Waals surface area contributed by atoms with Crippen LogP contribution in [0.5, 0.6) is 5.75 Å². The van der Waals surface area contributed by atoms with Gasteiger partial charge in [0, 0.05) is 13.7 Å². The first-order valence-corrected chi connectivity index (χ1v) is 6.37. The standard InChI is InChI=1S/C12H15IN2O2/c1-16-4-2-3-5-17-12-10(13)6-9(8-14)7-11(12)15/h6-7H,2-5,15H2,1H3. The van der Waals surface area contributed by atoms with E-state index in [1.807, 2.05) is 0 Å². The molecule has 0 amide bonds. The summed E-state index contributed by atoms with van der Waals surface area (Å²) in [6.45, 7) is 1.35. The van der Waals surface area contributed by atoms with Crippen LogP contribution in [0.15, 0.2) is 12.1 Å². The van der Waals surface area contributed by atoms with Crippen LogP contribution < -0.4 is 10.5 Å². The molecule has 0 aliphatic carbocycles. The van der Waals surface area contributed by atoms with E-state index >= 15 is 0 Å². The molecular weight excluding hydrogens is 331 g/mol. The summed E-state index contributed by atoms with van der Waals surface area (Å²) in [6, 6.07) is 5.46. The summed E-state index contributed by atoms with van der Waals surface area (Å²) in [6.07, 6.45) is 1.88. The average molecular weight is 346 g/mol. The van der Waals surface area contributed by atoms with Gasteiger partial charge in [0.2, 0.25) is 0 Å². The molecule has 0 unspecified atom stereocenters. The molecule has 0 aliphatic heterocycles. The highest BCUT2D eigenvalue weighted by Crippen LogP contribution is 2.29. The highest BCUT2D eigenvalue weighted by atomic mass is 127. The lowest BCUT2D eigenvalue weighted by molar-refractivity contribution is 0.184. The Morgan fingerprint density at radius 1 is 1.35 bits per heavy atom. The number of halogens is 1. The Balaban J connectivity index is 2.57. The smallest absolute Gasteiger partial charge is 0.155 e. The average Bonchev–Trinajstić information content (AvgIpc) is 2.31. The second kappa shape index (κ2) is 7.35. The van der Waals surface area contributed by atoms with Gasteiger partial charge in [0.05, 0.1) is 27.5 Å². The summed E-state index contributed by atoms with van der Waals surface area (Å²) in [5.74, 6) is 0.669. The number of benzene rings is 1. The lowest BCUT2D eigenvalue weighted by atomic mass is 10.2. The predicted octanol–water partition coefficient (Wildman–Crippen LogP) is 2.55. The number of anilines is 1. The van der Waals surface area contributed by atoms with Crippen LogP contribution >= 0.6 is 22.6 Å². The third-order valence-corrected chi connectivity index (χ3v) is 2.99. The molecule has 0 radical (unpaired) electrons. The van der Waals surface area contributed by atoms with Gasteiger partial charge in [-0.05, 0) is 47.6 Å². The minimum atomic E-state index is 0.514. The first kappa shape index (κ1) is 14.1. The van der Waals surface area contributed by atoms with Crippen LogP contribution in [0.2, 0.25) is 0 Å². The van der Waals surface area contributed by atoms with Crippen LogP contribution in [-0.4, -0.2) is 20.3 Å². The number of hydrogen-bond donors (Lipinski definition) is 1. The largest absolute Gasteiger partial charge is 0.490 e. The van der Waals surface area contributed by atoms with Crippen LogP contribution in [0.25, 0.3) is 0 Å². The van der Waals surface area contributed by atoms with E-state index in [-0.39, 0.29) is 0 Å². The Morgan fingerprint density at radius 3 is 2.65 bits per heavy atom. The molecule has 0 spiro atoms. The molecule has 0 saturated heterocycles. The highest BCUT2D eigenvalue weighted by Gasteiger charge is 2.08. The van der Waals surface area contributed by atoms with Gasteiger partial charge in [0.25, 0.3) is 0 Å². The third kappa shape index (κ3) is 4.40. The lowest BCUT2D eigenvalue weighted by Gasteiger charge is -2.11. The number of nitrogens with zero attached hydrogens (tertiary/aromatic N) is 1. The lowest BCUT2D eigenvalue weighted by Crippen LogP contribution is -2.03. The minimum absolute atomic E-state index is 0.514. The Labute approximate surface area is 115 Å². The fourth-order valence-electron chi connectivity index (χ4n) is 1.35. The van der Waals surface area contributed by atoms with Gasteiger partial charge in [0.1, 0.15) is 0 Å². The van der Waals surface area contributed by atoms with Gasteiger partial charge in [-0.25, -0.2) is 0 Å². The summed E-state index contributed by atoms with van der Waals surface area (Å²) in [7, 11) is 1.68. The van der Waals surface area contributed by atoms with Crippen molar-refractivity contribution in [2.24, 2.45) is 0 Å². The van der Waals surface area contributed by atoms with Crippen molar-refractivity contribution in [2.45, 2.75) is 12.8 Å². The zero-order valence-corrected chi connectivity index (χ0v) is 11.9. The molecule has 0 heterocycles. The molecule has 0 aliphatic rings. The Kier molecular flexibility index (Phi) is 6.08. The maximum Gasteiger partial charge on any atom is 0.155 e. The van der Waals surface area contributed by atoms with E-state index in [4.69, 9.17) is 20.5 Å². The van der Waals surface area contributed by atoms with Gasteiger partial charge in [-0.15, -0.1) is 0 Å². The van der Waals surface area contributed by atoms with Crippen molar-refractivity contribution in [1.82, 2.24) is 0 Å². The monoisotopic (exact) mass is 346 g/mol. The van der Waals surface area contributed by atoms with Gasteiger partial charge in [-0.2, -0.15) is 5.26 Å². The zero-order chi connectivity index (χ0) is 12.7. The third-order valence-electron chi connectivity index (χ3n) is 2.19. The molecule has 1 rings (SSSR count). The van der Waals surface area contributed by atoms with Crippen LogP contribution in [0.1, 0.15) is 18.4 Å². The maximum atomic E-state index is 8.79. The van der Waals surface area contributed by atoms with E-state index in [9.17, 15) is 0 Å². The van der Waals surface area contributed by atoms with E-state index < -0.39 is 0 Å². The molecule has 0 saturated carbocycles. The number of nitriles is 1. The second-order valence-corrected chi connectivity index (χ2v) is 4.70. The topological polar surface area (TPSA) is 68.3 Å². The van der Waals surface area contributed by atoms with E-state index in [1.54, 1.807) is 19.2 Å². The number of unbranched alkanes of at least 4 members (excludes halogenated alkanes) is 1. The summed E-state index contributed by atoms with van der Waals surface area (Å²) in [5, 5.41) is 8.79. The van der Waals surface area contributed by atoms with E-state index in [0.717, 1.165) is 23.0 Å². The molecule has 0 fully saturated rings. The molecule has 4 nitrogen and oxygen atoms in total. The van der Waals surface area contributed by atoms with Gasteiger partial charge in [-0.3, -0.25) is 0 Å². The van der Waals surface area contributed by atoms with Crippen molar-refractivity contribution in [2.75, 3.05) is 26.1 Å². The maximum absolute atomic E-state index is 8.79. The number of rotatable bonds is 6. The van der Waals surface area contributed by atoms with Crippen molar-refractivity contribution in [3.8, 4) is 11.8 Å². The van der Waals surface area contributed by atoms with Crippen molar-refractivity contribution >= 4 is 28.3 Å². The number of hydrogen-bond acceptors (Lipinski definition) is 4. The first-order valence-electron chi connectivity index (χ1n) is 5.30. The predicted molar refractivity (Wildman–Crippen MR) is 74.9 cm³/mol. The molecule has 0 aromatic heterocycles. The summed E-state index contributed by atoms with van der Waals surface area (Å²) >= 11 is 2.12. The molecule has 0 atom stereocenters. The molecule has 5 heteroatoms. The van der Waals surface area contributed by atoms with Gasteiger partial charge < -0.3 is 15.2 Å². The SMILES string of the molecule is COCCCCOc1c(N)cc(C#N)cc1I. The normalized spacial score (nSPS) is 9.94. The second-order valence-electron chi connectivity index (χ2n) is 3.54. The van der Waals surface area contributed by atoms with Gasteiger partial charge in [0.15, 0.2) is 5.75 Å². The molecule has 17 heavy (non-hydrogen) atoms. The minimum Gasteiger partial charge on any atom is -0.490 e. The number of ether oxygens (including phenoxy) is 2. The summed E-state index contributed by atoms with van der Waals surface area (Å²) < 4.78 is 11.4. The van der Waals surface area contributed by atoms with Crippen molar-refractivity contribution in [1.29, 1.82) is 5.26 Å². The van der Waals surface area contributed by atoms with Crippen molar-refractivity contribution in [3.05, 3.63) is 21.3 Å².